The number of halogens is 1. The number of nitrogens with one attached hydrogen (secondary N) is 3. The zero-order valence-corrected chi connectivity index (χ0v) is 16.2. The summed E-state index contributed by atoms with van der Waals surface area (Å²) >= 11 is 3.45. The van der Waals surface area contributed by atoms with Crippen LogP contribution < -0.4 is 16.0 Å². The van der Waals surface area contributed by atoms with Crippen molar-refractivity contribution < 1.29 is 9.59 Å². The van der Waals surface area contributed by atoms with Crippen LogP contribution in [0.25, 0.3) is 0 Å². The Morgan fingerprint density at radius 2 is 1.85 bits per heavy atom. The van der Waals surface area contributed by atoms with E-state index in [9.17, 15) is 9.59 Å². The van der Waals surface area contributed by atoms with Crippen molar-refractivity contribution in [3.8, 4) is 0 Å². The highest BCUT2D eigenvalue weighted by molar-refractivity contribution is 9.10. The van der Waals surface area contributed by atoms with Gasteiger partial charge in [0.25, 0.3) is 0 Å². The number of hydrogen-bond acceptors (Lipinski definition) is 2. The molecule has 0 aromatic heterocycles. The summed E-state index contributed by atoms with van der Waals surface area (Å²) < 4.78 is 1.03. The monoisotopic (exact) mass is 415 g/mol. The molecular weight excluding hydrogens is 394 g/mol. The minimum Gasteiger partial charge on any atom is -0.334 e. The van der Waals surface area contributed by atoms with Gasteiger partial charge in [0.1, 0.15) is 0 Å². The third-order valence-electron chi connectivity index (χ3n) is 4.66. The lowest BCUT2D eigenvalue weighted by Gasteiger charge is -2.43. The van der Waals surface area contributed by atoms with Crippen molar-refractivity contribution in [3.63, 3.8) is 0 Å². The molecule has 5 nitrogen and oxygen atoms in total. The van der Waals surface area contributed by atoms with Gasteiger partial charge in [-0.2, -0.15) is 0 Å². The molecule has 3 N–H and O–H groups in total. The first-order chi connectivity index (χ1) is 12.5. The molecule has 6 heteroatoms. The number of anilines is 1. The van der Waals surface area contributed by atoms with Crippen molar-refractivity contribution in [1.82, 2.24) is 10.6 Å². The molecule has 1 saturated carbocycles. The van der Waals surface area contributed by atoms with E-state index < -0.39 is 0 Å². The first-order valence-corrected chi connectivity index (χ1v) is 9.45. The van der Waals surface area contributed by atoms with Crippen molar-refractivity contribution in [2.24, 2.45) is 0 Å². The molecular formula is C20H22BrN3O2. The van der Waals surface area contributed by atoms with Gasteiger partial charge in [-0.1, -0.05) is 40.2 Å². The molecule has 1 aliphatic rings. The summed E-state index contributed by atoms with van der Waals surface area (Å²) in [7, 11) is 0. The topological polar surface area (TPSA) is 70.2 Å². The summed E-state index contributed by atoms with van der Waals surface area (Å²) in [4.78, 5) is 23.6. The van der Waals surface area contributed by atoms with Crippen LogP contribution >= 0.6 is 15.9 Å². The van der Waals surface area contributed by atoms with E-state index in [0.717, 1.165) is 40.5 Å². The molecule has 3 amide bonds. The lowest BCUT2D eigenvalue weighted by molar-refractivity contribution is -0.114. The Bertz CT molecular complexity index is 801. The lowest BCUT2D eigenvalue weighted by atomic mass is 9.72. The molecule has 0 aliphatic heterocycles. The number of rotatable bonds is 5. The summed E-state index contributed by atoms with van der Waals surface area (Å²) in [5.74, 6) is -0.116. The zero-order chi connectivity index (χ0) is 18.6. The lowest BCUT2D eigenvalue weighted by Crippen LogP contribution is -2.53. The number of amides is 3. The molecule has 2 aromatic carbocycles. The molecule has 2 aromatic rings. The van der Waals surface area contributed by atoms with Crippen LogP contribution in [-0.4, -0.2) is 11.9 Å². The van der Waals surface area contributed by atoms with E-state index in [1.165, 1.54) is 6.92 Å². The Kier molecular flexibility index (Phi) is 5.61. The second-order valence-corrected chi connectivity index (χ2v) is 7.55. The van der Waals surface area contributed by atoms with Crippen LogP contribution in [0.3, 0.4) is 0 Å². The Morgan fingerprint density at radius 1 is 1.12 bits per heavy atom. The fourth-order valence-electron chi connectivity index (χ4n) is 3.19. The minimum absolute atomic E-state index is 0.116. The average Bonchev–Trinajstić information content (AvgIpc) is 2.57. The Hall–Kier alpha value is -2.34. The van der Waals surface area contributed by atoms with Crippen LogP contribution in [0.1, 0.15) is 37.3 Å². The van der Waals surface area contributed by atoms with Crippen LogP contribution in [0.4, 0.5) is 10.5 Å². The first-order valence-electron chi connectivity index (χ1n) is 8.65. The predicted octanol–water partition coefficient (Wildman–Crippen LogP) is 4.29. The van der Waals surface area contributed by atoms with Crippen molar-refractivity contribution in [1.29, 1.82) is 0 Å². The maximum Gasteiger partial charge on any atom is 0.315 e. The van der Waals surface area contributed by atoms with Crippen LogP contribution in [-0.2, 0) is 16.9 Å². The average molecular weight is 416 g/mol. The highest BCUT2D eigenvalue weighted by Gasteiger charge is 2.39. The fraction of sp³-hybridized carbons (Fsp3) is 0.300. The Balaban J connectivity index is 1.60. The number of hydrogen-bond donors (Lipinski definition) is 3. The van der Waals surface area contributed by atoms with Crippen molar-refractivity contribution in [2.45, 2.75) is 38.3 Å². The van der Waals surface area contributed by atoms with E-state index in [2.05, 4.69) is 44.0 Å². The zero-order valence-electron chi connectivity index (χ0n) is 14.6. The third-order valence-corrected chi connectivity index (χ3v) is 5.19. The maximum atomic E-state index is 12.4. The predicted molar refractivity (Wildman–Crippen MR) is 106 cm³/mol. The van der Waals surface area contributed by atoms with Crippen LogP contribution in [0.5, 0.6) is 0 Å². The van der Waals surface area contributed by atoms with Gasteiger partial charge in [-0.3, -0.25) is 4.79 Å². The molecule has 0 atom stereocenters. The van der Waals surface area contributed by atoms with Gasteiger partial charge in [-0.05, 0) is 54.7 Å². The summed E-state index contributed by atoms with van der Waals surface area (Å²) in [5.41, 5.74) is 2.51. The van der Waals surface area contributed by atoms with Crippen LogP contribution in [0.2, 0.25) is 0 Å². The van der Waals surface area contributed by atoms with Gasteiger partial charge in [-0.15, -0.1) is 0 Å². The van der Waals surface area contributed by atoms with Crippen molar-refractivity contribution in [2.75, 3.05) is 5.32 Å². The smallest absolute Gasteiger partial charge is 0.315 e. The quantitative estimate of drug-likeness (QED) is 0.681. The van der Waals surface area contributed by atoms with Gasteiger partial charge in [0.15, 0.2) is 0 Å². The van der Waals surface area contributed by atoms with Gasteiger partial charge in [-0.25, -0.2) is 4.79 Å². The Morgan fingerprint density at radius 3 is 2.46 bits per heavy atom. The molecule has 0 spiro atoms. The minimum atomic E-state index is -0.275. The largest absolute Gasteiger partial charge is 0.334 e. The third kappa shape index (κ3) is 4.43. The molecule has 0 bridgehead atoms. The molecule has 136 valence electrons. The van der Waals surface area contributed by atoms with E-state index in [-0.39, 0.29) is 17.5 Å². The first kappa shape index (κ1) is 18.5. The van der Waals surface area contributed by atoms with Crippen molar-refractivity contribution >= 4 is 33.6 Å². The highest BCUT2D eigenvalue weighted by Crippen LogP contribution is 2.41. The van der Waals surface area contributed by atoms with Crippen molar-refractivity contribution in [3.05, 3.63) is 64.1 Å². The van der Waals surface area contributed by atoms with Gasteiger partial charge < -0.3 is 16.0 Å². The summed E-state index contributed by atoms with van der Waals surface area (Å²) in [6, 6.07) is 15.4. The number of carbonyl (C=O) groups is 2. The van der Waals surface area contributed by atoms with Gasteiger partial charge >= 0.3 is 6.03 Å². The molecule has 0 saturated heterocycles. The highest BCUT2D eigenvalue weighted by atomic mass is 79.9. The molecule has 0 radical (unpaired) electrons. The maximum absolute atomic E-state index is 12.4. The summed E-state index contributed by atoms with van der Waals surface area (Å²) in [6.45, 7) is 1.87. The fourth-order valence-corrected chi connectivity index (χ4v) is 3.46. The SMILES string of the molecule is CC(=O)Nc1cccc(CNC(=O)NC2(c3ccc(Br)cc3)CCC2)c1. The molecule has 1 aliphatic carbocycles. The normalized spacial score (nSPS) is 14.8. The number of carbonyl (C=O) groups excluding carboxylic acids is 2. The number of benzene rings is 2. The molecule has 0 heterocycles. The van der Waals surface area contributed by atoms with E-state index in [0.29, 0.717) is 6.54 Å². The van der Waals surface area contributed by atoms with Gasteiger partial charge in [0.05, 0.1) is 5.54 Å². The standard InChI is InChI=1S/C20H22BrN3O2/c1-14(25)23-18-5-2-4-15(12-18)13-22-19(26)24-20(10-3-11-20)16-6-8-17(21)9-7-16/h2,4-9,12H,3,10-11,13H2,1H3,(H,23,25)(H2,22,24,26). The second kappa shape index (κ2) is 7.91. The van der Waals surface area contributed by atoms with E-state index in [1.54, 1.807) is 0 Å². The molecule has 1 fully saturated rings. The van der Waals surface area contributed by atoms with Gasteiger partial charge in [0, 0.05) is 23.6 Å². The summed E-state index contributed by atoms with van der Waals surface area (Å²) in [5, 5.41) is 8.80. The summed E-state index contributed by atoms with van der Waals surface area (Å²) in [6.07, 6.45) is 3.00. The van der Waals surface area contributed by atoms with E-state index in [4.69, 9.17) is 0 Å². The van der Waals surface area contributed by atoms with Crippen LogP contribution in [0, 0.1) is 0 Å². The van der Waals surface area contributed by atoms with Crippen LogP contribution in [0.15, 0.2) is 53.0 Å². The molecule has 26 heavy (non-hydrogen) atoms. The molecule has 3 rings (SSSR count). The Labute approximate surface area is 161 Å². The van der Waals surface area contributed by atoms with Gasteiger partial charge in [0.2, 0.25) is 5.91 Å². The second-order valence-electron chi connectivity index (χ2n) is 6.63. The molecule has 0 unspecified atom stereocenters. The van der Waals surface area contributed by atoms with E-state index in [1.807, 2.05) is 36.4 Å². The van der Waals surface area contributed by atoms with E-state index >= 15 is 0 Å². The number of urea groups is 1.